The minimum Gasteiger partial charge on any atom is -0.493 e. The maximum atomic E-state index is 12.9. The summed E-state index contributed by atoms with van der Waals surface area (Å²) in [6.07, 6.45) is 1.50. The number of benzene rings is 2. The van der Waals surface area contributed by atoms with Crippen molar-refractivity contribution in [3.63, 3.8) is 0 Å². The summed E-state index contributed by atoms with van der Waals surface area (Å²) >= 11 is 0.882. The number of aliphatic carboxylic acids is 1. The zero-order chi connectivity index (χ0) is 21.8. The van der Waals surface area contributed by atoms with E-state index in [4.69, 9.17) is 14.6 Å². The number of anilines is 1. The molecule has 0 saturated carbocycles. The lowest BCUT2D eigenvalue weighted by molar-refractivity contribution is -0.137. The standard InChI is InChI=1S/C22H21NO6S/c1-13-4-5-14(2)16(10-13)23-21(26)19(30-22(23)27)12-15-6-7-17(18(11-15)28-3)29-9-8-20(24)25/h4-7,10-12H,8-9H2,1-3H3,(H,24,25)/b19-12+. The molecule has 0 unspecified atom stereocenters. The first-order valence-corrected chi connectivity index (χ1v) is 9.99. The minimum absolute atomic E-state index is 0.0137. The molecule has 1 aliphatic rings. The molecule has 1 fully saturated rings. The molecule has 0 spiro atoms. The smallest absolute Gasteiger partial charge is 0.306 e. The highest BCUT2D eigenvalue weighted by atomic mass is 32.2. The molecule has 0 bridgehead atoms. The number of carboxylic acids is 1. The Balaban J connectivity index is 1.84. The van der Waals surface area contributed by atoms with Gasteiger partial charge in [0.15, 0.2) is 11.5 Å². The summed E-state index contributed by atoms with van der Waals surface area (Å²) in [6.45, 7) is 3.78. The van der Waals surface area contributed by atoms with Gasteiger partial charge in [-0.05, 0) is 66.6 Å². The third-order valence-electron chi connectivity index (χ3n) is 4.46. The molecule has 2 aromatic rings. The second-order valence-corrected chi connectivity index (χ2v) is 7.70. The summed E-state index contributed by atoms with van der Waals surface area (Å²) in [4.78, 5) is 37.6. The summed E-state index contributed by atoms with van der Waals surface area (Å²) in [5.74, 6) is -0.521. The van der Waals surface area contributed by atoms with Crippen LogP contribution < -0.4 is 14.4 Å². The largest absolute Gasteiger partial charge is 0.493 e. The van der Waals surface area contributed by atoms with Crippen LogP contribution in [0.2, 0.25) is 0 Å². The van der Waals surface area contributed by atoms with Gasteiger partial charge in [-0.2, -0.15) is 0 Å². The van der Waals surface area contributed by atoms with Gasteiger partial charge < -0.3 is 14.6 Å². The van der Waals surface area contributed by atoms with Crippen molar-refractivity contribution >= 4 is 40.6 Å². The van der Waals surface area contributed by atoms with Gasteiger partial charge in [-0.1, -0.05) is 18.2 Å². The average Bonchev–Trinajstić information content (AvgIpc) is 2.97. The van der Waals surface area contributed by atoms with Gasteiger partial charge in [-0.15, -0.1) is 0 Å². The maximum Gasteiger partial charge on any atom is 0.306 e. The summed E-state index contributed by atoms with van der Waals surface area (Å²) in [6, 6.07) is 10.7. The fourth-order valence-corrected chi connectivity index (χ4v) is 3.76. The van der Waals surface area contributed by atoms with Crippen LogP contribution in [-0.2, 0) is 9.59 Å². The molecule has 1 N–H and O–H groups in total. The van der Waals surface area contributed by atoms with Crippen molar-refractivity contribution in [2.24, 2.45) is 0 Å². The Bertz CT molecular complexity index is 1050. The van der Waals surface area contributed by atoms with Crippen molar-refractivity contribution < 1.29 is 29.0 Å². The number of nitrogens with zero attached hydrogens (tertiary/aromatic N) is 1. The Morgan fingerprint density at radius 2 is 1.90 bits per heavy atom. The van der Waals surface area contributed by atoms with E-state index < -0.39 is 5.97 Å². The number of amides is 2. The monoisotopic (exact) mass is 427 g/mol. The van der Waals surface area contributed by atoms with Crippen LogP contribution in [0.5, 0.6) is 11.5 Å². The molecule has 0 radical (unpaired) electrons. The van der Waals surface area contributed by atoms with E-state index >= 15 is 0 Å². The van der Waals surface area contributed by atoms with Crippen molar-refractivity contribution in [2.45, 2.75) is 20.3 Å². The van der Waals surface area contributed by atoms with E-state index in [2.05, 4.69) is 0 Å². The Labute approximate surface area is 178 Å². The van der Waals surface area contributed by atoms with Gasteiger partial charge in [-0.25, -0.2) is 4.90 Å². The van der Waals surface area contributed by atoms with E-state index in [9.17, 15) is 14.4 Å². The van der Waals surface area contributed by atoms with Crippen molar-refractivity contribution in [1.82, 2.24) is 0 Å². The lowest BCUT2D eigenvalue weighted by atomic mass is 10.1. The predicted molar refractivity (Wildman–Crippen MR) is 115 cm³/mol. The van der Waals surface area contributed by atoms with Crippen LogP contribution in [0.1, 0.15) is 23.1 Å². The fraction of sp³-hybridized carbons (Fsp3) is 0.227. The molecule has 2 aromatic carbocycles. The number of hydrogen-bond donors (Lipinski definition) is 1. The first-order chi connectivity index (χ1) is 14.3. The number of imide groups is 1. The summed E-state index contributed by atoms with van der Waals surface area (Å²) in [5.41, 5.74) is 3.04. The SMILES string of the molecule is COc1cc(/C=C2/SC(=O)N(c3cc(C)ccc3C)C2=O)ccc1OCCC(=O)O. The average molecular weight is 427 g/mol. The van der Waals surface area contributed by atoms with Gasteiger partial charge in [0.2, 0.25) is 0 Å². The molecular weight excluding hydrogens is 406 g/mol. The highest BCUT2D eigenvalue weighted by Crippen LogP contribution is 2.38. The molecule has 156 valence electrons. The number of rotatable bonds is 7. The lowest BCUT2D eigenvalue weighted by Crippen LogP contribution is -2.28. The predicted octanol–water partition coefficient (Wildman–Crippen LogP) is 4.41. The second kappa shape index (κ2) is 9.04. The van der Waals surface area contributed by atoms with Crippen molar-refractivity contribution in [3.8, 4) is 11.5 Å². The molecule has 0 aliphatic carbocycles. The van der Waals surface area contributed by atoms with Crippen LogP contribution in [0.25, 0.3) is 6.08 Å². The van der Waals surface area contributed by atoms with E-state index in [1.165, 1.54) is 12.0 Å². The minimum atomic E-state index is -0.954. The van der Waals surface area contributed by atoms with E-state index in [-0.39, 0.29) is 24.2 Å². The van der Waals surface area contributed by atoms with Crippen LogP contribution in [0, 0.1) is 13.8 Å². The van der Waals surface area contributed by atoms with Crippen LogP contribution in [0.3, 0.4) is 0 Å². The topological polar surface area (TPSA) is 93.1 Å². The Morgan fingerprint density at radius 3 is 2.60 bits per heavy atom. The van der Waals surface area contributed by atoms with E-state index in [0.717, 1.165) is 22.9 Å². The van der Waals surface area contributed by atoms with Gasteiger partial charge >= 0.3 is 5.97 Å². The summed E-state index contributed by atoms with van der Waals surface area (Å²) in [5, 5.41) is 8.37. The van der Waals surface area contributed by atoms with Gasteiger partial charge in [0, 0.05) is 0 Å². The molecule has 7 nitrogen and oxygen atoms in total. The number of methoxy groups -OCH3 is 1. The molecule has 1 saturated heterocycles. The quantitative estimate of drug-likeness (QED) is 0.654. The van der Waals surface area contributed by atoms with Gasteiger partial charge in [0.25, 0.3) is 11.1 Å². The second-order valence-electron chi connectivity index (χ2n) is 6.71. The Hall–Kier alpha value is -3.26. The van der Waals surface area contributed by atoms with E-state index in [1.807, 2.05) is 32.0 Å². The molecule has 0 atom stereocenters. The number of carboxylic acid groups (broad SMARTS) is 1. The van der Waals surface area contributed by atoms with Crippen LogP contribution in [0.4, 0.5) is 10.5 Å². The number of carbonyl (C=O) groups is 3. The first-order valence-electron chi connectivity index (χ1n) is 9.18. The van der Waals surface area contributed by atoms with Crippen molar-refractivity contribution in [3.05, 3.63) is 58.0 Å². The molecule has 30 heavy (non-hydrogen) atoms. The molecule has 1 heterocycles. The number of carbonyl (C=O) groups excluding carboxylic acids is 2. The third-order valence-corrected chi connectivity index (χ3v) is 5.33. The number of aryl methyl sites for hydroxylation is 2. The molecule has 2 amide bonds. The van der Waals surface area contributed by atoms with Crippen LogP contribution in [0.15, 0.2) is 41.3 Å². The summed E-state index contributed by atoms with van der Waals surface area (Å²) < 4.78 is 10.7. The number of thioether (sulfide) groups is 1. The molecule has 1 aliphatic heterocycles. The third kappa shape index (κ3) is 4.65. The normalized spacial score (nSPS) is 15.0. The fourth-order valence-electron chi connectivity index (χ4n) is 2.93. The number of ether oxygens (including phenoxy) is 2. The van der Waals surface area contributed by atoms with Crippen molar-refractivity contribution in [1.29, 1.82) is 0 Å². The highest BCUT2D eigenvalue weighted by Gasteiger charge is 2.37. The Kier molecular flexibility index (Phi) is 6.47. The molecule has 8 heteroatoms. The lowest BCUT2D eigenvalue weighted by Gasteiger charge is -2.16. The van der Waals surface area contributed by atoms with Crippen molar-refractivity contribution in [2.75, 3.05) is 18.6 Å². The van der Waals surface area contributed by atoms with Gasteiger partial charge in [-0.3, -0.25) is 14.4 Å². The molecule has 0 aromatic heterocycles. The maximum absolute atomic E-state index is 12.9. The molecular formula is C22H21NO6S. The van der Waals surface area contributed by atoms with Crippen LogP contribution >= 0.6 is 11.8 Å². The van der Waals surface area contributed by atoms with E-state index in [1.54, 1.807) is 24.3 Å². The zero-order valence-corrected chi connectivity index (χ0v) is 17.6. The highest BCUT2D eigenvalue weighted by molar-refractivity contribution is 8.19. The molecule has 3 rings (SSSR count). The van der Waals surface area contributed by atoms with E-state index in [0.29, 0.717) is 27.7 Å². The van der Waals surface area contributed by atoms with Crippen LogP contribution in [-0.4, -0.2) is 35.9 Å². The van der Waals surface area contributed by atoms with Gasteiger partial charge in [0.1, 0.15) is 0 Å². The summed E-state index contributed by atoms with van der Waals surface area (Å²) in [7, 11) is 1.47. The van der Waals surface area contributed by atoms with Gasteiger partial charge in [0.05, 0.1) is 30.7 Å². The zero-order valence-electron chi connectivity index (χ0n) is 16.8. The Morgan fingerprint density at radius 1 is 1.13 bits per heavy atom. The first kappa shape index (κ1) is 21.4. The number of hydrogen-bond acceptors (Lipinski definition) is 6.